The van der Waals surface area contributed by atoms with E-state index in [-0.39, 0.29) is 35.8 Å². The molecule has 1 saturated heterocycles. The average molecular weight is 633 g/mol. The highest BCUT2D eigenvalue weighted by Crippen LogP contribution is 2.30. The molecule has 9 nitrogen and oxygen atoms in total. The SMILES string of the molecule is CCC(C)[C@H](C)C(CC(=O)N1CCCC1C(OC)C(C)C(=O)N[C@@H](Cc1c[nH]c2ccccc12)C(=O)NCc1ccccc1)OC. The zero-order valence-electron chi connectivity index (χ0n) is 28.3. The van der Waals surface area contributed by atoms with Crippen molar-refractivity contribution in [3.05, 3.63) is 71.9 Å². The van der Waals surface area contributed by atoms with Crippen LogP contribution in [0.15, 0.2) is 60.8 Å². The van der Waals surface area contributed by atoms with E-state index in [1.165, 1.54) is 0 Å². The first-order valence-electron chi connectivity index (χ1n) is 16.7. The molecule has 3 N–H and O–H groups in total. The molecule has 0 spiro atoms. The Labute approximate surface area is 273 Å². The maximum atomic E-state index is 13.9. The summed E-state index contributed by atoms with van der Waals surface area (Å²) in [5.74, 6) is -0.451. The minimum absolute atomic E-state index is 0.0247. The number of aromatic amines is 1. The summed E-state index contributed by atoms with van der Waals surface area (Å²) in [6.45, 7) is 9.28. The van der Waals surface area contributed by atoms with Gasteiger partial charge in [-0.25, -0.2) is 0 Å². The van der Waals surface area contributed by atoms with Gasteiger partial charge in [0.05, 0.1) is 30.6 Å². The number of ether oxygens (including phenoxy) is 2. The van der Waals surface area contributed by atoms with Crippen LogP contribution >= 0.6 is 0 Å². The van der Waals surface area contributed by atoms with Gasteiger partial charge in [0.2, 0.25) is 17.7 Å². The quantitative estimate of drug-likeness (QED) is 0.200. The molecule has 3 amide bonds. The number of amides is 3. The van der Waals surface area contributed by atoms with Crippen molar-refractivity contribution in [3.63, 3.8) is 0 Å². The number of rotatable bonds is 16. The van der Waals surface area contributed by atoms with Gasteiger partial charge in [0.25, 0.3) is 0 Å². The van der Waals surface area contributed by atoms with Crippen molar-refractivity contribution in [2.24, 2.45) is 17.8 Å². The average Bonchev–Trinajstić information content (AvgIpc) is 3.73. The number of H-pyrrole nitrogens is 1. The lowest BCUT2D eigenvalue weighted by atomic mass is 9.87. The number of likely N-dealkylation sites (tertiary alicyclic amines) is 1. The largest absolute Gasteiger partial charge is 0.381 e. The number of nitrogens with one attached hydrogen (secondary N) is 3. The summed E-state index contributed by atoms with van der Waals surface area (Å²) in [6.07, 6.45) is 4.42. The third-order valence-electron chi connectivity index (χ3n) is 10.0. The van der Waals surface area contributed by atoms with E-state index in [1.807, 2.05) is 72.6 Å². The normalized spacial score (nSPS) is 18.8. The van der Waals surface area contributed by atoms with Gasteiger partial charge in [-0.3, -0.25) is 14.4 Å². The van der Waals surface area contributed by atoms with Crippen LogP contribution < -0.4 is 10.6 Å². The molecule has 5 unspecified atom stereocenters. The van der Waals surface area contributed by atoms with Gasteiger partial charge in [-0.05, 0) is 41.9 Å². The van der Waals surface area contributed by atoms with Crippen LogP contribution in [0.5, 0.6) is 0 Å². The van der Waals surface area contributed by atoms with Crippen molar-refractivity contribution in [3.8, 4) is 0 Å². The van der Waals surface area contributed by atoms with E-state index < -0.39 is 18.1 Å². The van der Waals surface area contributed by atoms with E-state index >= 15 is 0 Å². The second-order valence-corrected chi connectivity index (χ2v) is 12.8. The molecule has 2 heterocycles. The molecule has 3 aromatic rings. The van der Waals surface area contributed by atoms with E-state index in [0.717, 1.165) is 41.3 Å². The fraction of sp³-hybridized carbons (Fsp3) is 0.541. The molecule has 2 aromatic carbocycles. The topological polar surface area (TPSA) is 113 Å². The Hall–Kier alpha value is -3.69. The summed E-state index contributed by atoms with van der Waals surface area (Å²) in [6, 6.07) is 16.6. The van der Waals surface area contributed by atoms with Crippen LogP contribution in [-0.4, -0.2) is 72.7 Å². The molecule has 0 bridgehead atoms. The molecule has 0 saturated carbocycles. The minimum atomic E-state index is -0.804. The maximum Gasteiger partial charge on any atom is 0.243 e. The molecule has 1 aliphatic heterocycles. The Morgan fingerprint density at radius 2 is 1.70 bits per heavy atom. The number of hydrogen-bond acceptors (Lipinski definition) is 5. The fourth-order valence-electron chi connectivity index (χ4n) is 6.74. The van der Waals surface area contributed by atoms with Crippen molar-refractivity contribution in [1.82, 2.24) is 20.5 Å². The number of aromatic nitrogens is 1. The number of benzene rings is 2. The van der Waals surface area contributed by atoms with Crippen LogP contribution in [0.3, 0.4) is 0 Å². The first-order valence-corrected chi connectivity index (χ1v) is 16.7. The van der Waals surface area contributed by atoms with Gasteiger partial charge in [0.1, 0.15) is 6.04 Å². The van der Waals surface area contributed by atoms with Gasteiger partial charge in [-0.2, -0.15) is 0 Å². The summed E-state index contributed by atoms with van der Waals surface area (Å²) in [5, 5.41) is 7.07. The van der Waals surface area contributed by atoms with Crippen molar-refractivity contribution in [2.45, 2.75) is 90.6 Å². The Balaban J connectivity index is 1.48. The van der Waals surface area contributed by atoms with Crippen LogP contribution in [0.2, 0.25) is 0 Å². The second kappa shape index (κ2) is 16.7. The van der Waals surface area contributed by atoms with Gasteiger partial charge in [-0.15, -0.1) is 0 Å². The molecule has 1 aliphatic rings. The zero-order chi connectivity index (χ0) is 33.2. The second-order valence-electron chi connectivity index (χ2n) is 12.8. The number of para-hydroxylation sites is 1. The Morgan fingerprint density at radius 1 is 0.978 bits per heavy atom. The number of methoxy groups -OCH3 is 2. The standard InChI is InChI=1S/C37H52N4O5/c1-7-24(2)25(3)33(45-5)21-34(42)41-19-13-18-32(41)35(46-6)26(4)36(43)40-31(37(44)39-22-27-14-9-8-10-15-27)20-28-23-38-30-17-12-11-16-29(28)30/h8-12,14-17,23-26,31-33,35,38H,7,13,18-22H2,1-6H3,(H,39,44)(H,40,43)/t24?,25-,26?,31-,32?,33?,35?/m0/s1. The molecule has 9 heteroatoms. The predicted molar refractivity (Wildman–Crippen MR) is 181 cm³/mol. The third-order valence-corrected chi connectivity index (χ3v) is 10.0. The summed E-state index contributed by atoms with van der Waals surface area (Å²) in [7, 11) is 3.26. The number of carbonyl (C=O) groups is 3. The van der Waals surface area contributed by atoms with Crippen molar-refractivity contribution in [2.75, 3.05) is 20.8 Å². The molecule has 46 heavy (non-hydrogen) atoms. The lowest BCUT2D eigenvalue weighted by molar-refractivity contribution is -0.143. The Kier molecular flexibility index (Phi) is 12.8. The number of fused-ring (bicyclic) bond motifs is 1. The highest BCUT2D eigenvalue weighted by Gasteiger charge is 2.41. The van der Waals surface area contributed by atoms with Gasteiger partial charge in [0, 0.05) is 50.8 Å². The van der Waals surface area contributed by atoms with Crippen LogP contribution in [0.25, 0.3) is 10.9 Å². The maximum absolute atomic E-state index is 13.9. The molecule has 0 radical (unpaired) electrons. The molecule has 250 valence electrons. The number of hydrogen-bond donors (Lipinski definition) is 3. The first kappa shape index (κ1) is 35.2. The molecule has 1 fully saturated rings. The van der Waals surface area contributed by atoms with Crippen molar-refractivity contribution >= 4 is 28.6 Å². The van der Waals surface area contributed by atoms with Gasteiger partial charge in [0.15, 0.2) is 0 Å². The van der Waals surface area contributed by atoms with Crippen molar-refractivity contribution < 1.29 is 23.9 Å². The summed E-state index contributed by atoms with van der Waals surface area (Å²) in [5.41, 5.74) is 2.89. The predicted octanol–water partition coefficient (Wildman–Crippen LogP) is 5.24. The van der Waals surface area contributed by atoms with Gasteiger partial charge < -0.3 is 30.0 Å². The van der Waals surface area contributed by atoms with Crippen LogP contribution in [-0.2, 0) is 36.8 Å². The van der Waals surface area contributed by atoms with E-state index in [9.17, 15) is 14.4 Å². The summed E-state index contributed by atoms with van der Waals surface area (Å²) in [4.78, 5) is 46.2. The lowest BCUT2D eigenvalue weighted by Crippen LogP contribution is -2.54. The number of carbonyl (C=O) groups excluding carboxylic acids is 3. The molecular weight excluding hydrogens is 580 g/mol. The first-order chi connectivity index (χ1) is 22.2. The molecular formula is C37H52N4O5. The van der Waals surface area contributed by atoms with E-state index in [2.05, 4.69) is 36.4 Å². The molecule has 7 atom stereocenters. The van der Waals surface area contributed by atoms with Gasteiger partial charge >= 0.3 is 0 Å². The Bertz CT molecular complexity index is 1430. The van der Waals surface area contributed by atoms with E-state index in [0.29, 0.717) is 31.8 Å². The zero-order valence-corrected chi connectivity index (χ0v) is 28.3. The van der Waals surface area contributed by atoms with E-state index in [4.69, 9.17) is 9.47 Å². The Morgan fingerprint density at radius 3 is 2.39 bits per heavy atom. The highest BCUT2D eigenvalue weighted by molar-refractivity contribution is 5.90. The van der Waals surface area contributed by atoms with Crippen LogP contribution in [0.4, 0.5) is 0 Å². The summed E-state index contributed by atoms with van der Waals surface area (Å²) >= 11 is 0. The van der Waals surface area contributed by atoms with Crippen molar-refractivity contribution in [1.29, 1.82) is 0 Å². The van der Waals surface area contributed by atoms with Crippen LogP contribution in [0.1, 0.15) is 64.5 Å². The lowest BCUT2D eigenvalue weighted by Gasteiger charge is -2.35. The molecule has 0 aliphatic carbocycles. The smallest absolute Gasteiger partial charge is 0.243 e. The minimum Gasteiger partial charge on any atom is -0.381 e. The highest BCUT2D eigenvalue weighted by atomic mass is 16.5. The fourth-order valence-corrected chi connectivity index (χ4v) is 6.74. The summed E-state index contributed by atoms with van der Waals surface area (Å²) < 4.78 is 11.7. The molecule has 4 rings (SSSR count). The van der Waals surface area contributed by atoms with E-state index in [1.54, 1.807) is 14.2 Å². The third kappa shape index (κ3) is 8.56. The monoisotopic (exact) mass is 632 g/mol. The number of nitrogens with zero attached hydrogens (tertiary/aromatic N) is 1. The van der Waals surface area contributed by atoms with Gasteiger partial charge in [-0.1, -0.05) is 82.6 Å². The molecule has 1 aromatic heterocycles. The van der Waals surface area contributed by atoms with Crippen LogP contribution in [0, 0.1) is 17.8 Å².